The fourth-order valence-corrected chi connectivity index (χ4v) is 5.07. The van der Waals surface area contributed by atoms with Gasteiger partial charge in [-0.2, -0.15) is 16.9 Å². The molecule has 1 aliphatic heterocycles. The molecule has 0 bridgehead atoms. The van der Waals surface area contributed by atoms with Gasteiger partial charge < -0.3 is 5.73 Å². The number of rotatable bonds is 4. The topological polar surface area (TPSA) is 90.0 Å². The second kappa shape index (κ2) is 4.99. The van der Waals surface area contributed by atoms with Crippen molar-refractivity contribution in [3.8, 4) is 0 Å². The van der Waals surface area contributed by atoms with Crippen LogP contribution in [0.1, 0.15) is 25.5 Å². The first kappa shape index (κ1) is 14.7. The average Bonchev–Trinajstić information content (AvgIpc) is 2.83. The van der Waals surface area contributed by atoms with Crippen LogP contribution in [0, 0.1) is 6.92 Å². The number of nitrogen functional groups attached to an aromatic ring is 1. The Balaban J connectivity index is 2.19. The van der Waals surface area contributed by atoms with E-state index >= 15 is 0 Å². The lowest BCUT2D eigenvalue weighted by molar-refractivity contribution is 0.552. The normalized spacial score (nSPS) is 23.9. The Kier molecular flexibility index (Phi) is 3.85. The van der Waals surface area contributed by atoms with Gasteiger partial charge in [0.1, 0.15) is 4.90 Å². The number of nitrogens with one attached hydrogen (secondary N) is 1. The van der Waals surface area contributed by atoms with Crippen LogP contribution < -0.4 is 10.5 Å². The molecule has 0 amide bonds. The van der Waals surface area contributed by atoms with Gasteiger partial charge in [-0.3, -0.25) is 4.68 Å². The van der Waals surface area contributed by atoms with Crippen molar-refractivity contribution >= 4 is 27.6 Å². The Bertz CT molecular complexity index is 574. The monoisotopic (exact) mass is 304 g/mol. The van der Waals surface area contributed by atoms with Gasteiger partial charge in [-0.25, -0.2) is 13.1 Å². The van der Waals surface area contributed by atoms with Crippen molar-refractivity contribution in [2.24, 2.45) is 7.05 Å². The molecular formula is C11H20N4O2S2. The van der Waals surface area contributed by atoms with Crippen LogP contribution in [0.25, 0.3) is 0 Å². The van der Waals surface area contributed by atoms with Crippen molar-refractivity contribution in [2.45, 2.75) is 36.3 Å². The lowest BCUT2D eigenvalue weighted by Gasteiger charge is -2.22. The second-order valence-corrected chi connectivity index (χ2v) is 8.54. The third-order valence-electron chi connectivity index (χ3n) is 3.51. The van der Waals surface area contributed by atoms with Crippen LogP contribution >= 0.6 is 11.8 Å². The maximum atomic E-state index is 12.3. The van der Waals surface area contributed by atoms with Gasteiger partial charge in [0.15, 0.2) is 5.82 Å². The predicted octanol–water partition coefficient (Wildman–Crippen LogP) is 0.875. The quantitative estimate of drug-likeness (QED) is 0.861. The first-order chi connectivity index (χ1) is 8.75. The molecule has 1 fully saturated rings. The number of nitrogens with zero attached hydrogens (tertiary/aromatic N) is 2. The number of anilines is 1. The Hall–Kier alpha value is -0.730. The molecule has 8 heteroatoms. The van der Waals surface area contributed by atoms with Gasteiger partial charge in [0.05, 0.1) is 5.69 Å². The number of nitrogens with two attached hydrogens (primary N) is 1. The summed E-state index contributed by atoms with van der Waals surface area (Å²) in [5.74, 6) is 1.14. The minimum Gasteiger partial charge on any atom is -0.381 e. The van der Waals surface area contributed by atoms with Crippen LogP contribution in [0.3, 0.4) is 0 Å². The zero-order valence-electron chi connectivity index (χ0n) is 11.4. The molecule has 0 aliphatic carbocycles. The van der Waals surface area contributed by atoms with E-state index in [4.69, 9.17) is 5.73 Å². The number of hydrogen-bond acceptors (Lipinski definition) is 5. The third kappa shape index (κ3) is 2.90. The van der Waals surface area contributed by atoms with E-state index in [1.165, 1.54) is 4.68 Å². The summed E-state index contributed by atoms with van der Waals surface area (Å²) in [6.07, 6.45) is 2.17. The standard InChI is InChI=1S/C11H20N4O2S2/c1-8-9(10(12)14-15(8)3)19(16,17)13-7-11(2)5-4-6-18-11/h13H,4-7H2,1-3H3,(H2,12,14). The first-order valence-electron chi connectivity index (χ1n) is 6.18. The highest BCUT2D eigenvalue weighted by molar-refractivity contribution is 8.01. The van der Waals surface area contributed by atoms with Crippen LogP contribution in [0.4, 0.5) is 5.82 Å². The van der Waals surface area contributed by atoms with Crippen molar-refractivity contribution in [1.82, 2.24) is 14.5 Å². The molecule has 1 atom stereocenters. The second-order valence-electron chi connectivity index (χ2n) is 5.15. The van der Waals surface area contributed by atoms with Gasteiger partial charge in [0.25, 0.3) is 0 Å². The number of hydrogen-bond donors (Lipinski definition) is 2. The summed E-state index contributed by atoms with van der Waals surface area (Å²) >= 11 is 1.82. The van der Waals surface area contributed by atoms with Gasteiger partial charge in [0, 0.05) is 18.3 Å². The Labute approximate surface area is 118 Å². The Morgan fingerprint density at radius 2 is 2.26 bits per heavy atom. The molecule has 2 heterocycles. The number of aryl methyl sites for hydroxylation is 1. The molecule has 6 nitrogen and oxygen atoms in total. The Morgan fingerprint density at radius 3 is 2.74 bits per heavy atom. The van der Waals surface area contributed by atoms with Crippen LogP contribution in [0.2, 0.25) is 0 Å². The lowest BCUT2D eigenvalue weighted by atomic mass is 10.1. The highest BCUT2D eigenvalue weighted by Crippen LogP contribution is 2.37. The van der Waals surface area contributed by atoms with E-state index < -0.39 is 10.0 Å². The molecule has 1 aromatic heterocycles. The molecule has 3 N–H and O–H groups in total. The fourth-order valence-electron chi connectivity index (χ4n) is 2.24. The van der Waals surface area contributed by atoms with Crippen molar-refractivity contribution in [2.75, 3.05) is 18.0 Å². The van der Waals surface area contributed by atoms with E-state index in [1.807, 2.05) is 11.8 Å². The molecule has 1 aromatic rings. The number of thioether (sulfide) groups is 1. The first-order valence-corrected chi connectivity index (χ1v) is 8.65. The summed E-state index contributed by atoms with van der Waals surface area (Å²) in [4.78, 5) is 0.0987. The summed E-state index contributed by atoms with van der Waals surface area (Å²) < 4.78 is 28.8. The summed E-state index contributed by atoms with van der Waals surface area (Å²) in [6, 6.07) is 0. The van der Waals surface area contributed by atoms with E-state index in [9.17, 15) is 8.42 Å². The van der Waals surface area contributed by atoms with E-state index in [-0.39, 0.29) is 15.5 Å². The molecule has 2 rings (SSSR count). The molecule has 0 radical (unpaired) electrons. The molecule has 0 spiro atoms. The zero-order chi connectivity index (χ0) is 14.3. The van der Waals surface area contributed by atoms with Crippen molar-refractivity contribution < 1.29 is 8.42 Å². The highest BCUT2D eigenvalue weighted by atomic mass is 32.2. The van der Waals surface area contributed by atoms with E-state index in [2.05, 4.69) is 16.7 Å². The third-order valence-corrected chi connectivity index (χ3v) is 6.61. The maximum absolute atomic E-state index is 12.3. The predicted molar refractivity (Wildman–Crippen MR) is 77.6 cm³/mol. The molecule has 0 aromatic carbocycles. The SMILES string of the molecule is Cc1c(S(=O)(=O)NCC2(C)CCCS2)c(N)nn1C. The van der Waals surface area contributed by atoms with Crippen molar-refractivity contribution in [1.29, 1.82) is 0 Å². The summed E-state index contributed by atoms with van der Waals surface area (Å²) in [6.45, 7) is 4.21. The van der Waals surface area contributed by atoms with E-state index in [0.29, 0.717) is 12.2 Å². The van der Waals surface area contributed by atoms with Gasteiger partial charge in [-0.15, -0.1) is 0 Å². The zero-order valence-corrected chi connectivity index (χ0v) is 13.1. The summed E-state index contributed by atoms with van der Waals surface area (Å²) in [5, 5.41) is 3.94. The molecule has 19 heavy (non-hydrogen) atoms. The highest BCUT2D eigenvalue weighted by Gasteiger charge is 2.32. The van der Waals surface area contributed by atoms with E-state index in [0.717, 1.165) is 18.6 Å². The fraction of sp³-hybridized carbons (Fsp3) is 0.727. The lowest BCUT2D eigenvalue weighted by Crippen LogP contribution is -2.37. The summed E-state index contributed by atoms with van der Waals surface area (Å²) in [5.41, 5.74) is 6.24. The van der Waals surface area contributed by atoms with Crippen molar-refractivity contribution in [3.63, 3.8) is 0 Å². The largest absolute Gasteiger partial charge is 0.381 e. The number of aromatic nitrogens is 2. The van der Waals surface area contributed by atoms with Gasteiger partial charge in [0.2, 0.25) is 10.0 Å². The van der Waals surface area contributed by atoms with Gasteiger partial charge in [-0.1, -0.05) is 0 Å². The van der Waals surface area contributed by atoms with E-state index in [1.54, 1.807) is 14.0 Å². The average molecular weight is 304 g/mol. The van der Waals surface area contributed by atoms with Gasteiger partial charge in [-0.05, 0) is 32.4 Å². The molecule has 0 saturated carbocycles. The maximum Gasteiger partial charge on any atom is 0.246 e. The minimum absolute atomic E-state index is 0.0159. The molecule has 1 aliphatic rings. The van der Waals surface area contributed by atoms with Crippen LogP contribution in [0.15, 0.2) is 4.90 Å². The number of sulfonamides is 1. The molecular weight excluding hydrogens is 284 g/mol. The van der Waals surface area contributed by atoms with Crippen LogP contribution in [-0.2, 0) is 17.1 Å². The smallest absolute Gasteiger partial charge is 0.246 e. The molecule has 1 unspecified atom stereocenters. The molecule has 1 saturated heterocycles. The molecule has 108 valence electrons. The van der Waals surface area contributed by atoms with Crippen LogP contribution in [0.5, 0.6) is 0 Å². The van der Waals surface area contributed by atoms with Crippen molar-refractivity contribution in [3.05, 3.63) is 5.69 Å². The minimum atomic E-state index is -3.60. The van der Waals surface area contributed by atoms with Crippen LogP contribution in [-0.4, -0.2) is 35.2 Å². The summed E-state index contributed by atoms with van der Waals surface area (Å²) in [7, 11) is -1.92. The van der Waals surface area contributed by atoms with Gasteiger partial charge >= 0.3 is 0 Å². The Morgan fingerprint density at radius 1 is 1.58 bits per heavy atom.